The standard InChI is InChI=1S/C24H35N5O4/c1-5-25-23(31)29-14-13-27(15-17(29)4)16-19-20(22(30)33-7-3)21(18-11-9-8-10-12-18)26-24(32)28(19)6-2/h8-12,17,21H,5-7,13-16H2,1-4H3,(H,25,31)(H,26,32)/t17-,21-/m0/s1. The van der Waals surface area contributed by atoms with Crippen molar-refractivity contribution in [3.63, 3.8) is 0 Å². The summed E-state index contributed by atoms with van der Waals surface area (Å²) in [4.78, 5) is 44.1. The van der Waals surface area contributed by atoms with Crippen molar-refractivity contribution in [3.05, 3.63) is 47.2 Å². The molecule has 1 aromatic carbocycles. The molecule has 0 bridgehead atoms. The molecule has 0 radical (unpaired) electrons. The molecule has 2 atom stereocenters. The van der Waals surface area contributed by atoms with E-state index in [2.05, 4.69) is 15.5 Å². The monoisotopic (exact) mass is 457 g/mol. The second-order valence-corrected chi connectivity index (χ2v) is 8.23. The summed E-state index contributed by atoms with van der Waals surface area (Å²) in [5.74, 6) is -0.422. The Morgan fingerprint density at radius 3 is 2.48 bits per heavy atom. The van der Waals surface area contributed by atoms with Gasteiger partial charge in [-0.05, 0) is 33.3 Å². The van der Waals surface area contributed by atoms with Gasteiger partial charge in [-0.25, -0.2) is 14.4 Å². The van der Waals surface area contributed by atoms with Crippen LogP contribution in [0.4, 0.5) is 9.59 Å². The van der Waals surface area contributed by atoms with Crippen molar-refractivity contribution in [1.82, 2.24) is 25.3 Å². The molecule has 0 aliphatic carbocycles. The Morgan fingerprint density at radius 1 is 1.15 bits per heavy atom. The van der Waals surface area contributed by atoms with E-state index in [1.54, 1.807) is 11.8 Å². The van der Waals surface area contributed by atoms with Crippen molar-refractivity contribution in [2.24, 2.45) is 0 Å². The molecule has 0 aromatic heterocycles. The lowest BCUT2D eigenvalue weighted by Crippen LogP contribution is -2.58. The van der Waals surface area contributed by atoms with E-state index >= 15 is 0 Å². The van der Waals surface area contributed by atoms with Crippen LogP contribution in [0.1, 0.15) is 39.3 Å². The minimum absolute atomic E-state index is 0.00866. The van der Waals surface area contributed by atoms with Crippen LogP contribution < -0.4 is 10.6 Å². The lowest BCUT2D eigenvalue weighted by molar-refractivity contribution is -0.139. The van der Waals surface area contributed by atoms with E-state index in [4.69, 9.17) is 4.74 Å². The van der Waals surface area contributed by atoms with Crippen molar-refractivity contribution in [3.8, 4) is 0 Å². The molecule has 1 fully saturated rings. The maximum Gasteiger partial charge on any atom is 0.338 e. The van der Waals surface area contributed by atoms with Crippen molar-refractivity contribution in [2.45, 2.75) is 39.8 Å². The molecule has 0 unspecified atom stereocenters. The van der Waals surface area contributed by atoms with Gasteiger partial charge in [-0.3, -0.25) is 9.80 Å². The molecule has 2 N–H and O–H groups in total. The van der Waals surface area contributed by atoms with Gasteiger partial charge in [-0.2, -0.15) is 0 Å². The SMILES string of the molecule is CCNC(=O)N1CCN(CC2=C(C(=O)OCC)[C@H](c3ccccc3)NC(=O)N2CC)C[C@@H]1C. The smallest absolute Gasteiger partial charge is 0.338 e. The first-order chi connectivity index (χ1) is 15.9. The van der Waals surface area contributed by atoms with Gasteiger partial charge in [0.1, 0.15) is 0 Å². The van der Waals surface area contributed by atoms with Crippen LogP contribution in [0.2, 0.25) is 0 Å². The van der Waals surface area contributed by atoms with Crippen LogP contribution in [0.3, 0.4) is 0 Å². The zero-order valence-electron chi connectivity index (χ0n) is 20.0. The van der Waals surface area contributed by atoms with Gasteiger partial charge >= 0.3 is 18.0 Å². The quantitative estimate of drug-likeness (QED) is 0.613. The van der Waals surface area contributed by atoms with Crippen LogP contribution in [0, 0.1) is 0 Å². The van der Waals surface area contributed by atoms with Crippen LogP contribution in [0.5, 0.6) is 0 Å². The van der Waals surface area contributed by atoms with Crippen LogP contribution in [-0.4, -0.2) is 84.6 Å². The average molecular weight is 458 g/mol. The first-order valence-electron chi connectivity index (χ1n) is 11.7. The lowest BCUT2D eigenvalue weighted by atomic mass is 9.94. The summed E-state index contributed by atoms with van der Waals surface area (Å²) in [6.07, 6.45) is 0. The van der Waals surface area contributed by atoms with Crippen LogP contribution in [0.15, 0.2) is 41.6 Å². The molecular weight excluding hydrogens is 422 g/mol. The number of nitrogens with zero attached hydrogens (tertiary/aromatic N) is 3. The summed E-state index contributed by atoms with van der Waals surface area (Å²) in [7, 11) is 0. The number of rotatable bonds is 7. The first kappa shape index (κ1) is 24.6. The number of likely N-dealkylation sites (N-methyl/N-ethyl adjacent to an activating group) is 1. The average Bonchev–Trinajstić information content (AvgIpc) is 2.79. The molecule has 4 amide bonds. The number of amides is 4. The van der Waals surface area contributed by atoms with Gasteiger partial charge in [0.05, 0.1) is 18.2 Å². The summed E-state index contributed by atoms with van der Waals surface area (Å²) in [6, 6.07) is 8.61. The van der Waals surface area contributed by atoms with Gasteiger partial charge in [-0.15, -0.1) is 0 Å². The first-order valence-corrected chi connectivity index (χ1v) is 11.7. The maximum atomic E-state index is 13.1. The second kappa shape index (κ2) is 11.2. The summed E-state index contributed by atoms with van der Waals surface area (Å²) < 4.78 is 5.42. The molecule has 1 saturated heterocycles. The molecule has 9 heteroatoms. The molecule has 9 nitrogen and oxygen atoms in total. The number of hydrogen-bond donors (Lipinski definition) is 2. The Labute approximate surface area is 195 Å². The molecule has 2 aliphatic heterocycles. The van der Waals surface area contributed by atoms with Gasteiger partial charge in [0.15, 0.2) is 0 Å². The lowest BCUT2D eigenvalue weighted by Gasteiger charge is -2.42. The topological polar surface area (TPSA) is 94.2 Å². The fourth-order valence-electron chi connectivity index (χ4n) is 4.50. The number of carbonyl (C=O) groups is 3. The van der Waals surface area contributed by atoms with Gasteiger partial charge in [0.2, 0.25) is 0 Å². The fourth-order valence-corrected chi connectivity index (χ4v) is 4.50. The Bertz CT molecular complexity index is 888. The number of urea groups is 2. The highest BCUT2D eigenvalue weighted by molar-refractivity contribution is 5.95. The second-order valence-electron chi connectivity index (χ2n) is 8.23. The Morgan fingerprint density at radius 2 is 1.88 bits per heavy atom. The molecule has 3 rings (SSSR count). The number of hydrogen-bond acceptors (Lipinski definition) is 5. The summed E-state index contributed by atoms with van der Waals surface area (Å²) in [5.41, 5.74) is 1.95. The molecule has 0 spiro atoms. The number of nitrogens with one attached hydrogen (secondary N) is 2. The zero-order valence-corrected chi connectivity index (χ0v) is 20.0. The highest BCUT2D eigenvalue weighted by atomic mass is 16.5. The molecule has 2 heterocycles. The molecular formula is C24H35N5O4. The Hall–Kier alpha value is -3.07. The number of piperazine rings is 1. The van der Waals surface area contributed by atoms with E-state index in [0.29, 0.717) is 50.5 Å². The number of ether oxygens (including phenoxy) is 1. The third-order valence-electron chi connectivity index (χ3n) is 6.06. The normalized spacial score (nSPS) is 21.6. The highest BCUT2D eigenvalue weighted by Gasteiger charge is 2.39. The number of benzene rings is 1. The van der Waals surface area contributed by atoms with E-state index in [1.165, 1.54) is 0 Å². The van der Waals surface area contributed by atoms with Crippen LogP contribution in [-0.2, 0) is 9.53 Å². The van der Waals surface area contributed by atoms with E-state index in [-0.39, 0.29) is 24.7 Å². The molecule has 180 valence electrons. The largest absolute Gasteiger partial charge is 0.463 e. The summed E-state index contributed by atoms with van der Waals surface area (Å²) in [5, 5.41) is 5.84. The van der Waals surface area contributed by atoms with E-state index in [1.807, 2.05) is 56.0 Å². The molecule has 1 aromatic rings. The summed E-state index contributed by atoms with van der Waals surface area (Å²) >= 11 is 0. The Kier molecular flexibility index (Phi) is 8.32. The van der Waals surface area contributed by atoms with E-state index in [9.17, 15) is 14.4 Å². The molecule has 33 heavy (non-hydrogen) atoms. The predicted molar refractivity (Wildman–Crippen MR) is 125 cm³/mol. The highest BCUT2D eigenvalue weighted by Crippen LogP contribution is 2.32. The molecule has 0 saturated carbocycles. The predicted octanol–water partition coefficient (Wildman–Crippen LogP) is 2.33. The fraction of sp³-hybridized carbons (Fsp3) is 0.542. The molecule has 2 aliphatic rings. The van der Waals surface area contributed by atoms with Crippen LogP contribution >= 0.6 is 0 Å². The van der Waals surface area contributed by atoms with Gasteiger partial charge in [0, 0.05) is 51.0 Å². The number of carbonyl (C=O) groups excluding carboxylic acids is 3. The summed E-state index contributed by atoms with van der Waals surface area (Å²) in [6.45, 7) is 11.1. The van der Waals surface area contributed by atoms with E-state index in [0.717, 1.165) is 5.56 Å². The van der Waals surface area contributed by atoms with Crippen molar-refractivity contribution < 1.29 is 19.1 Å². The van der Waals surface area contributed by atoms with E-state index < -0.39 is 12.0 Å². The van der Waals surface area contributed by atoms with Crippen molar-refractivity contribution in [2.75, 3.05) is 45.9 Å². The van der Waals surface area contributed by atoms with Crippen molar-refractivity contribution in [1.29, 1.82) is 0 Å². The third-order valence-corrected chi connectivity index (χ3v) is 6.06. The van der Waals surface area contributed by atoms with Gasteiger partial charge < -0.3 is 20.3 Å². The van der Waals surface area contributed by atoms with Crippen molar-refractivity contribution >= 4 is 18.0 Å². The zero-order chi connectivity index (χ0) is 24.0. The maximum absolute atomic E-state index is 13.1. The van der Waals surface area contributed by atoms with Gasteiger partial charge in [-0.1, -0.05) is 30.3 Å². The minimum atomic E-state index is -0.579. The number of esters is 1. The van der Waals surface area contributed by atoms with Crippen LogP contribution in [0.25, 0.3) is 0 Å². The minimum Gasteiger partial charge on any atom is -0.463 e. The Balaban J connectivity index is 1.94. The third kappa shape index (κ3) is 5.47. The van der Waals surface area contributed by atoms with Gasteiger partial charge in [0.25, 0.3) is 0 Å².